The van der Waals surface area contributed by atoms with Gasteiger partial charge in [0.05, 0.1) is 0 Å². The highest BCUT2D eigenvalue weighted by atomic mass is 19.4. The van der Waals surface area contributed by atoms with E-state index in [1.165, 1.54) is 71.6 Å². The molecule has 0 aromatic carbocycles. The van der Waals surface area contributed by atoms with Crippen molar-refractivity contribution < 1.29 is 29.6 Å². The van der Waals surface area contributed by atoms with E-state index in [4.69, 9.17) is 16.4 Å². The van der Waals surface area contributed by atoms with Crippen LogP contribution in [0.15, 0.2) is 0 Å². The van der Waals surface area contributed by atoms with Gasteiger partial charge in [-0.2, -0.15) is 13.2 Å². The lowest BCUT2D eigenvalue weighted by Crippen LogP contribution is -2.23. The molecule has 4 aliphatic carbocycles. The first-order chi connectivity index (χ1) is 28.9. The molecule has 0 radical (unpaired) electrons. The van der Waals surface area contributed by atoms with Crippen molar-refractivity contribution >= 4 is 0 Å². The number of hydrogen-bond acceptors (Lipinski definition) is 0. The molecule has 0 heterocycles. The summed E-state index contributed by atoms with van der Waals surface area (Å²) in [5.74, 6) is 0.803. The van der Waals surface area contributed by atoms with Gasteiger partial charge in [-0.05, 0) is 76.9 Å². The van der Waals surface area contributed by atoms with E-state index in [9.17, 15) is 13.2 Å². The van der Waals surface area contributed by atoms with Gasteiger partial charge in [0.1, 0.15) is 0 Å². The lowest BCUT2D eigenvalue weighted by Gasteiger charge is -2.36. The van der Waals surface area contributed by atoms with Gasteiger partial charge in [0.2, 0.25) is 0 Å². The first-order valence-corrected chi connectivity index (χ1v) is 21.9. The van der Waals surface area contributed by atoms with Crippen molar-refractivity contribution in [1.82, 2.24) is 0 Å². The quantitative estimate of drug-likeness (QED) is 0.267. The predicted molar refractivity (Wildman–Crippen MR) is 244 cm³/mol. The normalized spacial score (nSPS) is 25.0. The van der Waals surface area contributed by atoms with Gasteiger partial charge in [0.15, 0.2) is 0 Å². The minimum Gasteiger partial charge on any atom is -0.171 e. The van der Waals surface area contributed by atoms with E-state index < -0.39 is 44.5 Å². The van der Waals surface area contributed by atoms with Crippen LogP contribution < -0.4 is 0 Å². The predicted octanol–water partition coefficient (Wildman–Crippen LogP) is 20.1. The summed E-state index contributed by atoms with van der Waals surface area (Å²) in [6, 6.07) is 0. The van der Waals surface area contributed by atoms with Gasteiger partial charge in [0.25, 0.3) is 0 Å². The fourth-order valence-electron chi connectivity index (χ4n) is 5.67. The molecule has 4 saturated carbocycles. The van der Waals surface area contributed by atoms with Gasteiger partial charge in [-0.1, -0.05) is 241 Å². The summed E-state index contributed by atoms with van der Waals surface area (Å²) in [6.45, 7) is 28.8. The van der Waals surface area contributed by atoms with Crippen molar-refractivity contribution in [1.29, 1.82) is 0 Å². The zero-order valence-corrected chi connectivity index (χ0v) is 39.8. The van der Waals surface area contributed by atoms with Gasteiger partial charge in [-0.3, -0.25) is 0 Å². The third kappa shape index (κ3) is 58.5. The summed E-state index contributed by atoms with van der Waals surface area (Å²) in [4.78, 5) is 0. The Morgan fingerprint density at radius 3 is 1.13 bits per heavy atom. The molecule has 0 aliphatic heterocycles. The Bertz CT molecular complexity index is 1140. The molecular weight excluding hydrogens is 670 g/mol. The van der Waals surface area contributed by atoms with Gasteiger partial charge >= 0.3 is 6.18 Å². The molecule has 1 atom stereocenters. The Morgan fingerprint density at radius 1 is 0.611 bits per heavy atom. The van der Waals surface area contributed by atoms with Crippen LogP contribution in [0.5, 0.6) is 0 Å². The molecule has 4 rings (SSSR count). The molecule has 4 aliphatic rings. The van der Waals surface area contributed by atoms with Crippen LogP contribution in [0.25, 0.3) is 0 Å². The van der Waals surface area contributed by atoms with E-state index in [1.54, 1.807) is 53.4 Å². The molecule has 0 saturated heterocycles. The Kier molecular flexibility index (Phi) is 23.8. The van der Waals surface area contributed by atoms with Crippen molar-refractivity contribution in [2.45, 2.75) is 279 Å². The molecule has 0 aromatic heterocycles. The van der Waals surface area contributed by atoms with Crippen LogP contribution in [0, 0.1) is 51.2 Å². The maximum Gasteiger partial charge on any atom is 0.389 e. The largest absolute Gasteiger partial charge is 0.389 e. The van der Waals surface area contributed by atoms with Crippen LogP contribution >= 0.6 is 0 Å². The maximum atomic E-state index is 11.5. The summed E-state index contributed by atoms with van der Waals surface area (Å²) in [7, 11) is 0. The fourth-order valence-corrected chi connectivity index (χ4v) is 5.67. The molecule has 1 spiro atoms. The number of hydrogen-bond donors (Lipinski definition) is 0. The molecule has 0 N–H and O–H groups in total. The van der Waals surface area contributed by atoms with Crippen molar-refractivity contribution in [3.8, 4) is 0 Å². The highest BCUT2D eigenvalue weighted by molar-refractivity contribution is 4.88. The lowest BCUT2D eigenvalue weighted by atomic mass is 9.70. The average molecular weight is 789 g/mol. The van der Waals surface area contributed by atoms with Crippen LogP contribution in [-0.4, -0.2) is 6.18 Å². The van der Waals surface area contributed by atoms with Gasteiger partial charge < -0.3 is 0 Å². The second-order valence-corrected chi connectivity index (χ2v) is 20.5. The average Bonchev–Trinajstić information content (AvgIpc) is 3.72. The first-order valence-electron chi connectivity index (χ1n) is 27.9. The van der Waals surface area contributed by atoms with Gasteiger partial charge in [-0.25, -0.2) is 0 Å². The summed E-state index contributed by atoms with van der Waals surface area (Å²) >= 11 is 0. The molecule has 0 bridgehead atoms. The molecular formula is C51H107F3. The highest BCUT2D eigenvalue weighted by Crippen LogP contribution is 2.50. The summed E-state index contributed by atoms with van der Waals surface area (Å²) in [5.41, 5.74) is -0.500. The summed E-state index contributed by atoms with van der Waals surface area (Å²) in [5, 5.41) is 0. The molecule has 54 heavy (non-hydrogen) atoms. The Morgan fingerprint density at radius 2 is 0.944 bits per heavy atom. The topological polar surface area (TPSA) is 0 Å². The minimum absolute atomic E-state index is 0.0556. The SMILES string of the molecule is CC(C)(C)C.CC1CCC2(CCCC2)CC1.CC[C@H](C)CC(F)(F)F.[2H]C([2H])(C)C(C)(C)C.[2H]C([2H])(C)C(C)C.[2H]C([2H])([2H])C(C)(C)C([2H])([2H])[2H].[2H]C1(C)CCCC1.[2H]C1(C)CCCCC1. The summed E-state index contributed by atoms with van der Waals surface area (Å²) in [6.07, 6.45) is 17.1. The van der Waals surface area contributed by atoms with E-state index in [0.29, 0.717) is 11.8 Å². The molecule has 0 amide bonds. The second-order valence-electron chi connectivity index (χ2n) is 20.5. The van der Waals surface area contributed by atoms with Crippen LogP contribution in [0.4, 0.5) is 13.2 Å². The van der Waals surface area contributed by atoms with E-state index in [-0.39, 0.29) is 29.0 Å². The van der Waals surface area contributed by atoms with Crippen LogP contribution in [-0.2, 0) is 0 Å². The third-order valence-corrected chi connectivity index (χ3v) is 9.77. The molecule has 0 unspecified atom stereocenters. The van der Waals surface area contributed by atoms with Crippen LogP contribution in [0.3, 0.4) is 0 Å². The molecule has 0 aromatic rings. The Balaban J connectivity index is -0.000000336. The smallest absolute Gasteiger partial charge is 0.171 e. The number of alkyl halides is 3. The van der Waals surface area contributed by atoms with Gasteiger partial charge in [-0.15, -0.1) is 0 Å². The van der Waals surface area contributed by atoms with Crippen molar-refractivity contribution in [2.75, 3.05) is 0 Å². The van der Waals surface area contributed by atoms with E-state index in [1.807, 2.05) is 48.5 Å². The van der Waals surface area contributed by atoms with Gasteiger partial charge in [0, 0.05) is 22.9 Å². The molecule has 0 nitrogen and oxygen atoms in total. The van der Waals surface area contributed by atoms with Crippen molar-refractivity contribution in [3.05, 3.63) is 0 Å². The van der Waals surface area contributed by atoms with E-state index in [0.717, 1.165) is 37.0 Å². The second kappa shape index (κ2) is 32.7. The highest BCUT2D eigenvalue weighted by Gasteiger charge is 2.36. The fraction of sp³-hybridized carbons (Fsp3) is 1.00. The van der Waals surface area contributed by atoms with Crippen LogP contribution in [0.2, 0.25) is 0 Å². The monoisotopic (exact) mass is 789 g/mol. The Labute approximate surface area is 359 Å². The van der Waals surface area contributed by atoms with E-state index in [2.05, 4.69) is 34.6 Å². The number of halogens is 3. The van der Waals surface area contributed by atoms with Crippen LogP contribution in [0.1, 0.15) is 290 Å². The van der Waals surface area contributed by atoms with E-state index >= 15 is 0 Å². The standard InChI is InChI=1S/C11H20.C7H14.C6H11F3.C6H12.C6H14.3C5H12/c1-10-4-8-11(9-5-10)6-2-3-7-11;1-7-5-3-2-4-6-7;1-3-5(2)4-6(7,8)9;1-6-4-2-3-5-6;1-5-6(2,3)4;2*1-5(2,3)4;1-4-5(2)3/h10H,2-9H2,1H3;7H,2-6H2,1H3;5H,3-4H2,1-2H3;6H,2-5H2,1H3;5H2,1-4H3;2*1-4H3;5H,4H2,1-3H3/t;;5-;;;;;/m..0...../s1/i;7D;;6D;5D2;1D3,2D3;;4D2. The minimum atomic E-state index is -3.98. The Hall–Kier alpha value is -0.210. The molecule has 4 fully saturated rings. The van der Waals surface area contributed by atoms with Crippen molar-refractivity contribution in [2.24, 2.45) is 51.2 Å². The zero-order chi connectivity index (χ0) is 53.7. The number of rotatable bonds is 3. The van der Waals surface area contributed by atoms with Crippen molar-refractivity contribution in [3.63, 3.8) is 0 Å². The molecule has 3 heteroatoms. The molecule has 332 valence electrons. The first kappa shape index (κ1) is 39.3. The third-order valence-electron chi connectivity index (χ3n) is 9.77. The zero-order valence-electron chi connectivity index (χ0n) is 51.8. The lowest BCUT2D eigenvalue weighted by molar-refractivity contribution is -0.143. The summed E-state index contributed by atoms with van der Waals surface area (Å²) < 4.78 is 120. The maximum absolute atomic E-state index is 11.5.